The van der Waals surface area contributed by atoms with Crippen molar-refractivity contribution in [2.45, 2.75) is 13.0 Å². The second kappa shape index (κ2) is 7.41. The largest absolute Gasteiger partial charge is 0.418 e. The summed E-state index contributed by atoms with van der Waals surface area (Å²) in [5.41, 5.74) is 3.21. The maximum atomic E-state index is 14.5. The number of nitrogens with one attached hydrogen (secondary N) is 1. The molecule has 0 unspecified atom stereocenters. The van der Waals surface area contributed by atoms with Crippen LogP contribution in [0.4, 0.5) is 10.1 Å². The maximum Gasteiger partial charge on any atom is 0.247 e. The minimum absolute atomic E-state index is 0.306. The Morgan fingerprint density at radius 3 is 2.44 bits per heavy atom. The topological polar surface area (TPSA) is 51.0 Å². The fourth-order valence-electron chi connectivity index (χ4n) is 2.93. The molecule has 0 bridgehead atoms. The summed E-state index contributed by atoms with van der Waals surface area (Å²) < 4.78 is 20.4. The molecule has 0 fully saturated rings. The second-order valence-corrected chi connectivity index (χ2v) is 6.28. The first-order valence-electron chi connectivity index (χ1n) is 8.67. The number of hydrogen-bond donors (Lipinski definition) is 1. The molecule has 134 valence electrons. The zero-order chi connectivity index (χ0) is 18.6. The van der Waals surface area contributed by atoms with Crippen molar-refractivity contribution in [3.63, 3.8) is 0 Å². The normalized spacial score (nSPS) is 11.9. The van der Waals surface area contributed by atoms with E-state index < -0.39 is 6.04 Å². The van der Waals surface area contributed by atoms with Crippen molar-refractivity contribution in [2.75, 3.05) is 5.32 Å². The predicted molar refractivity (Wildman–Crippen MR) is 103 cm³/mol. The van der Waals surface area contributed by atoms with E-state index in [1.807, 2.05) is 61.5 Å². The summed E-state index contributed by atoms with van der Waals surface area (Å²) in [4.78, 5) is 0. The fraction of sp³-hybridized carbons (Fsp3) is 0.0909. The smallest absolute Gasteiger partial charge is 0.247 e. The quantitative estimate of drug-likeness (QED) is 0.519. The number of rotatable bonds is 5. The molecule has 0 aliphatic rings. The average molecular weight is 359 g/mol. The first-order valence-corrected chi connectivity index (χ1v) is 8.67. The summed E-state index contributed by atoms with van der Waals surface area (Å²) >= 11 is 0. The Bertz CT molecular complexity index is 1050. The molecule has 0 spiro atoms. The molecule has 0 aliphatic carbocycles. The summed E-state index contributed by atoms with van der Waals surface area (Å²) in [6.07, 6.45) is 0. The van der Waals surface area contributed by atoms with Crippen molar-refractivity contribution in [1.82, 2.24) is 10.2 Å². The molecule has 3 aromatic carbocycles. The van der Waals surface area contributed by atoms with E-state index in [0.29, 0.717) is 17.3 Å². The molecule has 1 N–H and O–H groups in total. The zero-order valence-corrected chi connectivity index (χ0v) is 14.8. The number of halogens is 1. The first kappa shape index (κ1) is 17.0. The first-order chi connectivity index (χ1) is 13.2. The van der Waals surface area contributed by atoms with Gasteiger partial charge in [-0.3, -0.25) is 0 Å². The second-order valence-electron chi connectivity index (χ2n) is 6.28. The van der Waals surface area contributed by atoms with Crippen LogP contribution in [0, 0.1) is 12.7 Å². The van der Waals surface area contributed by atoms with Gasteiger partial charge in [-0.15, -0.1) is 10.2 Å². The van der Waals surface area contributed by atoms with E-state index in [4.69, 9.17) is 4.42 Å². The molecular formula is C22H18FN3O. The Morgan fingerprint density at radius 2 is 1.67 bits per heavy atom. The summed E-state index contributed by atoms with van der Waals surface area (Å²) in [7, 11) is 0. The Hall–Kier alpha value is -3.47. The van der Waals surface area contributed by atoms with Crippen LogP contribution in [0.3, 0.4) is 0 Å². The Kier molecular flexibility index (Phi) is 4.66. The molecule has 0 aliphatic heterocycles. The Morgan fingerprint density at radius 1 is 0.889 bits per heavy atom. The van der Waals surface area contributed by atoms with Crippen molar-refractivity contribution in [3.8, 4) is 11.5 Å². The minimum Gasteiger partial charge on any atom is -0.418 e. The molecule has 0 saturated heterocycles. The third-order valence-electron chi connectivity index (χ3n) is 4.25. The van der Waals surface area contributed by atoms with E-state index in [2.05, 4.69) is 15.5 Å². The fourth-order valence-corrected chi connectivity index (χ4v) is 2.93. The molecule has 4 aromatic rings. The van der Waals surface area contributed by atoms with Gasteiger partial charge in [-0.05, 0) is 42.8 Å². The van der Waals surface area contributed by atoms with Crippen molar-refractivity contribution in [2.24, 2.45) is 0 Å². The highest BCUT2D eigenvalue weighted by Crippen LogP contribution is 2.30. The monoisotopic (exact) mass is 359 g/mol. The van der Waals surface area contributed by atoms with Gasteiger partial charge in [0.2, 0.25) is 11.8 Å². The van der Waals surface area contributed by atoms with E-state index in [-0.39, 0.29) is 5.82 Å². The van der Waals surface area contributed by atoms with Crippen molar-refractivity contribution in [3.05, 3.63) is 102 Å². The highest BCUT2D eigenvalue weighted by Gasteiger charge is 2.24. The maximum absolute atomic E-state index is 14.5. The molecule has 0 amide bonds. The van der Waals surface area contributed by atoms with Crippen LogP contribution < -0.4 is 5.32 Å². The van der Waals surface area contributed by atoms with Crippen LogP contribution >= 0.6 is 0 Å². The Labute approximate surface area is 156 Å². The van der Waals surface area contributed by atoms with Crippen LogP contribution in [-0.4, -0.2) is 10.2 Å². The molecule has 0 radical (unpaired) electrons. The van der Waals surface area contributed by atoms with Gasteiger partial charge in [0.15, 0.2) is 0 Å². The van der Waals surface area contributed by atoms with E-state index in [1.54, 1.807) is 18.2 Å². The van der Waals surface area contributed by atoms with Gasteiger partial charge in [-0.25, -0.2) is 4.39 Å². The third-order valence-corrected chi connectivity index (χ3v) is 4.25. The molecule has 0 saturated carbocycles. The molecular weight excluding hydrogens is 341 g/mol. The number of benzene rings is 3. The van der Waals surface area contributed by atoms with Gasteiger partial charge >= 0.3 is 0 Å². The van der Waals surface area contributed by atoms with Crippen LogP contribution in [0.25, 0.3) is 11.5 Å². The van der Waals surface area contributed by atoms with Gasteiger partial charge in [-0.1, -0.05) is 48.5 Å². The van der Waals surface area contributed by atoms with E-state index in [0.717, 1.165) is 16.8 Å². The van der Waals surface area contributed by atoms with Crippen molar-refractivity contribution >= 4 is 5.69 Å². The zero-order valence-electron chi connectivity index (χ0n) is 14.8. The lowest BCUT2D eigenvalue weighted by molar-refractivity contribution is 0.485. The Balaban J connectivity index is 1.74. The molecule has 1 aromatic heterocycles. The number of aromatic nitrogens is 2. The van der Waals surface area contributed by atoms with Crippen LogP contribution in [0.15, 0.2) is 83.3 Å². The van der Waals surface area contributed by atoms with E-state index in [9.17, 15) is 4.39 Å². The highest BCUT2D eigenvalue weighted by atomic mass is 19.1. The molecule has 5 heteroatoms. The van der Waals surface area contributed by atoms with Crippen molar-refractivity contribution in [1.29, 1.82) is 0 Å². The lowest BCUT2D eigenvalue weighted by Gasteiger charge is -2.18. The average Bonchev–Trinajstić information content (AvgIpc) is 3.18. The third kappa shape index (κ3) is 3.72. The highest BCUT2D eigenvalue weighted by molar-refractivity contribution is 5.53. The lowest BCUT2D eigenvalue weighted by Crippen LogP contribution is -2.14. The van der Waals surface area contributed by atoms with Gasteiger partial charge in [0.1, 0.15) is 11.9 Å². The number of nitrogens with zero attached hydrogens (tertiary/aromatic N) is 2. The summed E-state index contributed by atoms with van der Waals surface area (Å²) in [5, 5.41) is 11.6. The number of anilines is 1. The standard InChI is InChI=1S/C22H18FN3O/c1-15-8-7-11-17(14-15)24-20(18-12-5-6-13-19(18)23)22-26-25-21(27-22)16-9-3-2-4-10-16/h2-14,20,24H,1H3/t20-/m1/s1. The minimum atomic E-state index is -0.599. The molecule has 4 rings (SSSR count). The van der Waals surface area contributed by atoms with Crippen LogP contribution in [0.2, 0.25) is 0 Å². The van der Waals surface area contributed by atoms with Gasteiger partial charge in [0.25, 0.3) is 0 Å². The van der Waals surface area contributed by atoms with Crippen LogP contribution in [0.1, 0.15) is 23.1 Å². The van der Waals surface area contributed by atoms with Crippen LogP contribution in [0.5, 0.6) is 0 Å². The van der Waals surface area contributed by atoms with Gasteiger partial charge in [-0.2, -0.15) is 0 Å². The van der Waals surface area contributed by atoms with Gasteiger partial charge in [0, 0.05) is 16.8 Å². The van der Waals surface area contributed by atoms with E-state index >= 15 is 0 Å². The number of hydrogen-bond acceptors (Lipinski definition) is 4. The molecule has 1 atom stereocenters. The summed E-state index contributed by atoms with van der Waals surface area (Å²) in [6, 6.07) is 23.4. The molecule has 27 heavy (non-hydrogen) atoms. The molecule has 4 nitrogen and oxygen atoms in total. The lowest BCUT2D eigenvalue weighted by atomic mass is 10.1. The molecule has 1 heterocycles. The SMILES string of the molecule is Cc1cccc(N[C@@H](c2nnc(-c3ccccc3)o2)c2ccccc2F)c1. The van der Waals surface area contributed by atoms with E-state index in [1.165, 1.54) is 6.07 Å². The van der Waals surface area contributed by atoms with Gasteiger partial charge in [0.05, 0.1) is 0 Å². The summed E-state index contributed by atoms with van der Waals surface area (Å²) in [5.74, 6) is 0.376. The number of aryl methyl sites for hydroxylation is 1. The van der Waals surface area contributed by atoms with Crippen molar-refractivity contribution < 1.29 is 8.81 Å². The summed E-state index contributed by atoms with van der Waals surface area (Å²) in [6.45, 7) is 2.00. The van der Waals surface area contributed by atoms with Gasteiger partial charge < -0.3 is 9.73 Å². The predicted octanol–water partition coefficient (Wildman–Crippen LogP) is 5.39. The van der Waals surface area contributed by atoms with Crippen LogP contribution in [-0.2, 0) is 0 Å².